The maximum atomic E-state index is 10.7. The van der Waals surface area contributed by atoms with Gasteiger partial charge in [0.15, 0.2) is 0 Å². The highest BCUT2D eigenvalue weighted by Crippen LogP contribution is 2.37. The number of benzene rings is 4. The van der Waals surface area contributed by atoms with E-state index in [1.165, 1.54) is 0 Å². The molecule has 0 amide bonds. The molecule has 4 heteroatoms. The standard InChI is InChI=1S/C32H35N3O/c1-22(2)29-19-23(20-30(31(29)36)32(3,4)5)21-33-24-11-13-26(14-12-24)35-28-17-15-27(16-18-28)34-25-9-7-6-8-10-25/h6-20,33-36H,1,21H2,2-5H3. The molecule has 0 aliphatic rings. The number of phenols is 1. The van der Waals surface area contributed by atoms with Gasteiger partial charge in [-0.1, -0.05) is 45.5 Å². The number of anilines is 5. The lowest BCUT2D eigenvalue weighted by Crippen LogP contribution is -2.13. The van der Waals surface area contributed by atoms with Crippen LogP contribution in [0.4, 0.5) is 28.4 Å². The van der Waals surface area contributed by atoms with Crippen LogP contribution in [0.3, 0.4) is 0 Å². The Morgan fingerprint density at radius 1 is 0.722 bits per heavy atom. The molecular formula is C32H35N3O. The zero-order chi connectivity index (χ0) is 25.7. The van der Waals surface area contributed by atoms with Crippen LogP contribution in [0, 0.1) is 0 Å². The molecular weight excluding hydrogens is 442 g/mol. The number of allylic oxidation sites excluding steroid dienone is 1. The Hall–Kier alpha value is -4.18. The molecule has 0 fully saturated rings. The van der Waals surface area contributed by atoms with Gasteiger partial charge in [0.1, 0.15) is 5.75 Å². The van der Waals surface area contributed by atoms with E-state index in [2.05, 4.69) is 97.9 Å². The molecule has 184 valence electrons. The molecule has 0 spiro atoms. The number of rotatable bonds is 8. The molecule has 4 N–H and O–H groups in total. The van der Waals surface area contributed by atoms with Crippen molar-refractivity contribution < 1.29 is 5.11 Å². The van der Waals surface area contributed by atoms with Gasteiger partial charge in [0.25, 0.3) is 0 Å². The molecule has 0 saturated heterocycles. The van der Waals surface area contributed by atoms with E-state index < -0.39 is 0 Å². The largest absolute Gasteiger partial charge is 0.507 e. The summed E-state index contributed by atoms with van der Waals surface area (Å²) in [4.78, 5) is 0. The van der Waals surface area contributed by atoms with Crippen LogP contribution in [0.25, 0.3) is 5.57 Å². The summed E-state index contributed by atoms with van der Waals surface area (Å²) in [5, 5.41) is 21.1. The van der Waals surface area contributed by atoms with Gasteiger partial charge in [-0.05, 0) is 96.3 Å². The average molecular weight is 478 g/mol. The minimum atomic E-state index is -0.159. The van der Waals surface area contributed by atoms with E-state index in [9.17, 15) is 5.11 Å². The van der Waals surface area contributed by atoms with Crippen molar-refractivity contribution in [2.75, 3.05) is 16.0 Å². The normalized spacial score (nSPS) is 11.1. The van der Waals surface area contributed by atoms with Gasteiger partial charge in [0.2, 0.25) is 0 Å². The van der Waals surface area contributed by atoms with Crippen LogP contribution < -0.4 is 16.0 Å². The Kier molecular flexibility index (Phi) is 7.35. The highest BCUT2D eigenvalue weighted by Gasteiger charge is 2.21. The third-order valence-corrected chi connectivity index (χ3v) is 6.06. The molecule has 0 atom stereocenters. The van der Waals surface area contributed by atoms with Crippen molar-refractivity contribution >= 4 is 34.0 Å². The van der Waals surface area contributed by atoms with Gasteiger partial charge in [0, 0.05) is 46.1 Å². The van der Waals surface area contributed by atoms with E-state index in [0.29, 0.717) is 12.3 Å². The molecule has 4 nitrogen and oxygen atoms in total. The second-order valence-electron chi connectivity index (χ2n) is 10.2. The van der Waals surface area contributed by atoms with Crippen molar-refractivity contribution in [3.8, 4) is 5.75 Å². The maximum absolute atomic E-state index is 10.7. The summed E-state index contributed by atoms with van der Waals surface area (Å²) < 4.78 is 0. The second kappa shape index (κ2) is 10.6. The van der Waals surface area contributed by atoms with Crippen molar-refractivity contribution in [1.29, 1.82) is 0 Å². The third-order valence-electron chi connectivity index (χ3n) is 6.06. The van der Waals surface area contributed by atoms with E-state index in [4.69, 9.17) is 0 Å². The fourth-order valence-electron chi connectivity index (χ4n) is 4.06. The first-order valence-corrected chi connectivity index (χ1v) is 12.2. The molecule has 4 aromatic carbocycles. The molecule has 0 bridgehead atoms. The SMILES string of the molecule is C=C(C)c1cc(CNc2ccc(Nc3ccc(Nc4ccccc4)cc3)cc2)cc(C(C)(C)C)c1O. The molecule has 36 heavy (non-hydrogen) atoms. The van der Waals surface area contributed by atoms with Crippen LogP contribution in [0.15, 0.2) is 97.6 Å². The zero-order valence-electron chi connectivity index (χ0n) is 21.5. The lowest BCUT2D eigenvalue weighted by molar-refractivity contribution is 0.444. The topological polar surface area (TPSA) is 56.3 Å². The van der Waals surface area contributed by atoms with Gasteiger partial charge >= 0.3 is 0 Å². The Labute approximate surface area is 214 Å². The lowest BCUT2D eigenvalue weighted by Gasteiger charge is -2.24. The van der Waals surface area contributed by atoms with Gasteiger partial charge in [-0.3, -0.25) is 0 Å². The number of para-hydroxylation sites is 1. The molecule has 0 aromatic heterocycles. The molecule has 4 rings (SSSR count). The molecule has 0 aliphatic heterocycles. The smallest absolute Gasteiger partial charge is 0.126 e. The first-order valence-electron chi connectivity index (χ1n) is 12.2. The second-order valence-corrected chi connectivity index (χ2v) is 10.2. The molecule has 0 aliphatic carbocycles. The van der Waals surface area contributed by atoms with Crippen molar-refractivity contribution in [3.05, 3.63) is 114 Å². The van der Waals surface area contributed by atoms with Crippen LogP contribution in [-0.2, 0) is 12.0 Å². The first-order chi connectivity index (χ1) is 17.2. The molecule has 0 heterocycles. The highest BCUT2D eigenvalue weighted by atomic mass is 16.3. The third kappa shape index (κ3) is 6.28. The van der Waals surface area contributed by atoms with Crippen LogP contribution in [0.1, 0.15) is 44.4 Å². The van der Waals surface area contributed by atoms with E-state index in [-0.39, 0.29) is 5.41 Å². The number of phenolic OH excluding ortho intramolecular Hbond substituents is 1. The van der Waals surface area contributed by atoms with Crippen LogP contribution in [0.2, 0.25) is 0 Å². The Bertz CT molecular complexity index is 1320. The summed E-state index contributed by atoms with van der Waals surface area (Å²) in [6, 6.07) is 30.8. The number of nitrogens with one attached hydrogen (secondary N) is 3. The van der Waals surface area contributed by atoms with Crippen molar-refractivity contribution in [2.45, 2.75) is 39.7 Å². The van der Waals surface area contributed by atoms with Crippen molar-refractivity contribution in [2.24, 2.45) is 0 Å². The lowest BCUT2D eigenvalue weighted by atomic mass is 9.83. The fourth-order valence-corrected chi connectivity index (χ4v) is 4.06. The Balaban J connectivity index is 1.38. The maximum Gasteiger partial charge on any atom is 0.126 e. The minimum Gasteiger partial charge on any atom is -0.507 e. The molecule has 0 unspecified atom stereocenters. The molecule has 0 saturated carbocycles. The quantitative estimate of drug-likeness (QED) is 0.205. The van der Waals surface area contributed by atoms with Gasteiger partial charge < -0.3 is 21.1 Å². The fraction of sp³-hybridized carbons (Fsp3) is 0.188. The highest BCUT2D eigenvalue weighted by molar-refractivity contribution is 5.70. The van der Waals surface area contributed by atoms with E-state index in [1.807, 2.05) is 43.3 Å². The average Bonchev–Trinajstić information content (AvgIpc) is 2.85. The Morgan fingerprint density at radius 3 is 1.67 bits per heavy atom. The first kappa shape index (κ1) is 24.9. The van der Waals surface area contributed by atoms with Gasteiger partial charge in [0.05, 0.1) is 0 Å². The number of aromatic hydroxyl groups is 1. The van der Waals surface area contributed by atoms with Crippen LogP contribution in [0.5, 0.6) is 5.75 Å². The molecule has 4 aromatic rings. The van der Waals surface area contributed by atoms with Gasteiger partial charge in [-0.2, -0.15) is 0 Å². The predicted molar refractivity (Wildman–Crippen MR) is 155 cm³/mol. The minimum absolute atomic E-state index is 0.159. The summed E-state index contributed by atoms with van der Waals surface area (Å²) in [6.07, 6.45) is 0. The summed E-state index contributed by atoms with van der Waals surface area (Å²) in [5.41, 5.74) is 8.76. The summed E-state index contributed by atoms with van der Waals surface area (Å²) in [5.74, 6) is 0.332. The van der Waals surface area contributed by atoms with Crippen LogP contribution >= 0.6 is 0 Å². The van der Waals surface area contributed by atoms with Crippen LogP contribution in [-0.4, -0.2) is 5.11 Å². The van der Waals surface area contributed by atoms with E-state index >= 15 is 0 Å². The van der Waals surface area contributed by atoms with Crippen molar-refractivity contribution in [1.82, 2.24) is 0 Å². The number of hydrogen-bond donors (Lipinski definition) is 4. The summed E-state index contributed by atoms with van der Waals surface area (Å²) >= 11 is 0. The zero-order valence-corrected chi connectivity index (χ0v) is 21.5. The summed E-state index contributed by atoms with van der Waals surface area (Å²) in [7, 11) is 0. The van der Waals surface area contributed by atoms with Crippen molar-refractivity contribution in [3.63, 3.8) is 0 Å². The molecule has 0 radical (unpaired) electrons. The van der Waals surface area contributed by atoms with E-state index in [1.54, 1.807) is 0 Å². The summed E-state index contributed by atoms with van der Waals surface area (Å²) in [6.45, 7) is 13.0. The number of hydrogen-bond acceptors (Lipinski definition) is 4. The predicted octanol–water partition coefficient (Wildman–Crippen LogP) is 8.82. The monoisotopic (exact) mass is 477 g/mol. The van der Waals surface area contributed by atoms with Gasteiger partial charge in [-0.15, -0.1) is 0 Å². The van der Waals surface area contributed by atoms with E-state index in [0.717, 1.165) is 50.7 Å². The van der Waals surface area contributed by atoms with Gasteiger partial charge in [-0.25, -0.2) is 0 Å². The Morgan fingerprint density at radius 2 is 1.19 bits per heavy atom.